The average molecular weight is 372 g/mol. The van der Waals surface area contributed by atoms with E-state index in [1.807, 2.05) is 42.5 Å². The van der Waals surface area contributed by atoms with Crippen molar-refractivity contribution in [2.45, 2.75) is 6.42 Å². The summed E-state index contributed by atoms with van der Waals surface area (Å²) in [4.78, 5) is 14.7. The first kappa shape index (κ1) is 18.3. The fraction of sp³-hybridized carbons (Fsp3) is 0.208. The Labute approximate surface area is 165 Å². The van der Waals surface area contributed by atoms with Gasteiger partial charge in [-0.25, -0.2) is 0 Å². The number of rotatable bonds is 5. The number of nitrogens with zero attached hydrogens (tertiary/aromatic N) is 1. The first-order valence-corrected chi connectivity index (χ1v) is 9.65. The maximum absolute atomic E-state index is 12.4. The number of nitrogens with one attached hydrogen (secondary N) is 1. The zero-order valence-corrected chi connectivity index (χ0v) is 15.8. The van der Waals surface area contributed by atoms with Crippen LogP contribution in [0.5, 0.6) is 0 Å². The highest BCUT2D eigenvalue weighted by Gasteiger charge is 2.11. The second kappa shape index (κ2) is 8.72. The van der Waals surface area contributed by atoms with Crippen molar-refractivity contribution in [2.24, 2.45) is 0 Å². The Morgan fingerprint density at radius 2 is 1.46 bits per heavy atom. The van der Waals surface area contributed by atoms with E-state index in [2.05, 4.69) is 46.6 Å². The van der Waals surface area contributed by atoms with E-state index >= 15 is 0 Å². The lowest BCUT2D eigenvalue weighted by Crippen LogP contribution is -2.36. The van der Waals surface area contributed by atoms with Crippen molar-refractivity contribution in [3.8, 4) is 11.1 Å². The van der Waals surface area contributed by atoms with Crippen LogP contribution >= 0.6 is 0 Å². The molecule has 0 unspecified atom stereocenters. The molecule has 1 saturated heterocycles. The van der Waals surface area contributed by atoms with Crippen molar-refractivity contribution >= 4 is 17.3 Å². The van der Waals surface area contributed by atoms with Crippen molar-refractivity contribution in [1.29, 1.82) is 0 Å². The van der Waals surface area contributed by atoms with Crippen LogP contribution in [0.1, 0.15) is 5.56 Å². The third-order valence-electron chi connectivity index (χ3n) is 4.95. The Morgan fingerprint density at radius 1 is 0.821 bits per heavy atom. The van der Waals surface area contributed by atoms with Gasteiger partial charge in [-0.05, 0) is 41.0 Å². The minimum absolute atomic E-state index is 0.00779. The number of anilines is 2. The summed E-state index contributed by atoms with van der Waals surface area (Å²) in [5, 5.41) is 2.98. The molecule has 0 saturated carbocycles. The SMILES string of the molecule is O=C(Cc1ccc(-c2ccccc2)cc1)Nc1ccc(N2CCOCC2)cc1. The zero-order valence-electron chi connectivity index (χ0n) is 15.8. The van der Waals surface area contributed by atoms with Gasteiger partial charge in [0.1, 0.15) is 0 Å². The predicted octanol–water partition coefficient (Wildman–Crippen LogP) is 4.37. The molecule has 1 fully saturated rings. The number of ether oxygens (including phenoxy) is 1. The van der Waals surface area contributed by atoms with Gasteiger partial charge in [-0.2, -0.15) is 0 Å². The average Bonchev–Trinajstić information content (AvgIpc) is 2.76. The highest BCUT2D eigenvalue weighted by molar-refractivity contribution is 5.92. The Kier molecular flexibility index (Phi) is 5.69. The van der Waals surface area contributed by atoms with Crippen LogP contribution in [0.4, 0.5) is 11.4 Å². The number of hydrogen-bond donors (Lipinski definition) is 1. The van der Waals surface area contributed by atoms with E-state index < -0.39 is 0 Å². The molecular weight excluding hydrogens is 348 g/mol. The molecule has 4 rings (SSSR count). The maximum Gasteiger partial charge on any atom is 0.228 e. The van der Waals surface area contributed by atoms with Crippen LogP contribution in [-0.4, -0.2) is 32.2 Å². The van der Waals surface area contributed by atoms with E-state index in [1.165, 1.54) is 5.56 Å². The highest BCUT2D eigenvalue weighted by Crippen LogP contribution is 2.21. The Bertz CT molecular complexity index is 900. The molecule has 4 heteroatoms. The molecule has 0 atom stereocenters. The molecule has 0 aliphatic carbocycles. The standard InChI is InChI=1S/C24H24N2O2/c27-24(18-19-6-8-21(9-7-19)20-4-2-1-3-5-20)25-22-10-12-23(13-11-22)26-14-16-28-17-15-26/h1-13H,14-18H2,(H,25,27). The number of morpholine rings is 1. The third kappa shape index (κ3) is 4.59. The molecule has 0 spiro atoms. The fourth-order valence-corrected chi connectivity index (χ4v) is 3.41. The van der Waals surface area contributed by atoms with Gasteiger partial charge in [-0.1, -0.05) is 54.6 Å². The van der Waals surface area contributed by atoms with E-state index in [0.29, 0.717) is 6.42 Å². The van der Waals surface area contributed by atoms with E-state index in [-0.39, 0.29) is 5.91 Å². The van der Waals surface area contributed by atoms with Crippen molar-refractivity contribution in [3.05, 3.63) is 84.4 Å². The summed E-state index contributed by atoms with van der Waals surface area (Å²) in [7, 11) is 0. The molecule has 0 bridgehead atoms. The number of amides is 1. The minimum Gasteiger partial charge on any atom is -0.378 e. The molecule has 3 aromatic carbocycles. The molecule has 142 valence electrons. The third-order valence-corrected chi connectivity index (χ3v) is 4.95. The van der Waals surface area contributed by atoms with Gasteiger partial charge in [-0.3, -0.25) is 4.79 Å². The van der Waals surface area contributed by atoms with E-state index in [1.54, 1.807) is 0 Å². The second-order valence-corrected chi connectivity index (χ2v) is 6.93. The number of carbonyl (C=O) groups is 1. The van der Waals surface area contributed by atoms with Crippen LogP contribution in [0.3, 0.4) is 0 Å². The number of benzene rings is 3. The van der Waals surface area contributed by atoms with Crippen LogP contribution in [0.25, 0.3) is 11.1 Å². The lowest BCUT2D eigenvalue weighted by atomic mass is 10.0. The Balaban J connectivity index is 1.34. The Morgan fingerprint density at radius 3 is 2.14 bits per heavy atom. The molecule has 1 N–H and O–H groups in total. The summed E-state index contributed by atoms with van der Waals surface area (Å²) < 4.78 is 5.39. The van der Waals surface area contributed by atoms with E-state index in [9.17, 15) is 4.79 Å². The van der Waals surface area contributed by atoms with Gasteiger partial charge in [0, 0.05) is 24.5 Å². The molecule has 28 heavy (non-hydrogen) atoms. The molecule has 1 aliphatic heterocycles. The first-order chi connectivity index (χ1) is 13.8. The summed E-state index contributed by atoms with van der Waals surface area (Å²) in [6.45, 7) is 3.35. The summed E-state index contributed by atoms with van der Waals surface area (Å²) in [6.07, 6.45) is 0.361. The van der Waals surface area contributed by atoms with Crippen LogP contribution < -0.4 is 10.2 Å². The van der Waals surface area contributed by atoms with Crippen LogP contribution in [-0.2, 0) is 16.0 Å². The quantitative estimate of drug-likeness (QED) is 0.723. The Hall–Kier alpha value is -3.11. The van der Waals surface area contributed by atoms with Gasteiger partial charge in [-0.15, -0.1) is 0 Å². The lowest BCUT2D eigenvalue weighted by Gasteiger charge is -2.28. The summed E-state index contributed by atoms with van der Waals surface area (Å²) in [5.74, 6) is -0.00779. The van der Waals surface area contributed by atoms with Gasteiger partial charge < -0.3 is 15.0 Å². The molecule has 1 aliphatic rings. The van der Waals surface area contributed by atoms with Crippen molar-refractivity contribution in [1.82, 2.24) is 0 Å². The zero-order chi connectivity index (χ0) is 19.2. The molecular formula is C24H24N2O2. The monoisotopic (exact) mass is 372 g/mol. The van der Waals surface area contributed by atoms with Gasteiger partial charge in [0.25, 0.3) is 0 Å². The van der Waals surface area contributed by atoms with Crippen molar-refractivity contribution in [3.63, 3.8) is 0 Å². The van der Waals surface area contributed by atoms with Crippen LogP contribution in [0.2, 0.25) is 0 Å². The largest absolute Gasteiger partial charge is 0.378 e. The van der Waals surface area contributed by atoms with Crippen LogP contribution in [0, 0.1) is 0 Å². The molecule has 3 aromatic rings. The van der Waals surface area contributed by atoms with Crippen molar-refractivity contribution < 1.29 is 9.53 Å². The van der Waals surface area contributed by atoms with Crippen LogP contribution in [0.15, 0.2) is 78.9 Å². The molecule has 0 radical (unpaired) electrons. The van der Waals surface area contributed by atoms with Gasteiger partial charge in [0.05, 0.1) is 19.6 Å². The molecule has 1 amide bonds. The number of hydrogen-bond acceptors (Lipinski definition) is 3. The summed E-state index contributed by atoms with van der Waals surface area (Å²) >= 11 is 0. The second-order valence-electron chi connectivity index (χ2n) is 6.93. The van der Waals surface area contributed by atoms with Gasteiger partial charge in [0.15, 0.2) is 0 Å². The van der Waals surface area contributed by atoms with E-state index in [0.717, 1.165) is 48.8 Å². The van der Waals surface area contributed by atoms with Crippen molar-refractivity contribution in [2.75, 3.05) is 36.5 Å². The normalized spacial score (nSPS) is 13.9. The fourth-order valence-electron chi connectivity index (χ4n) is 3.41. The summed E-state index contributed by atoms with van der Waals surface area (Å²) in [5.41, 5.74) is 5.32. The maximum atomic E-state index is 12.4. The topological polar surface area (TPSA) is 41.6 Å². The summed E-state index contributed by atoms with van der Waals surface area (Å²) in [6, 6.07) is 26.4. The predicted molar refractivity (Wildman–Crippen MR) is 114 cm³/mol. The highest BCUT2D eigenvalue weighted by atomic mass is 16.5. The smallest absolute Gasteiger partial charge is 0.228 e. The van der Waals surface area contributed by atoms with E-state index in [4.69, 9.17) is 4.74 Å². The molecule has 4 nitrogen and oxygen atoms in total. The van der Waals surface area contributed by atoms with Gasteiger partial charge in [0.2, 0.25) is 5.91 Å². The molecule has 1 heterocycles. The first-order valence-electron chi connectivity index (χ1n) is 9.65. The van der Waals surface area contributed by atoms with Gasteiger partial charge >= 0.3 is 0 Å². The minimum atomic E-state index is -0.00779. The lowest BCUT2D eigenvalue weighted by molar-refractivity contribution is -0.115. The number of carbonyl (C=O) groups excluding carboxylic acids is 1. The molecule has 0 aromatic heterocycles.